The summed E-state index contributed by atoms with van der Waals surface area (Å²) in [6.07, 6.45) is 2.15. The maximum Gasteiger partial charge on any atom is 0.408 e. The molecule has 47 heavy (non-hydrogen) atoms. The number of carbonyl (C=O) groups is 5. The van der Waals surface area contributed by atoms with Crippen molar-refractivity contribution in [2.45, 2.75) is 57.5 Å². The lowest BCUT2D eigenvalue weighted by Crippen LogP contribution is -2.55. The zero-order valence-electron chi connectivity index (χ0n) is 26.6. The summed E-state index contributed by atoms with van der Waals surface area (Å²) in [5.74, 6) is -4.24. The first-order chi connectivity index (χ1) is 22.2. The number of rotatable bonds is 17. The predicted molar refractivity (Wildman–Crippen MR) is 175 cm³/mol. The van der Waals surface area contributed by atoms with Gasteiger partial charge in [-0.3, -0.25) is 19.2 Å². The van der Waals surface area contributed by atoms with Gasteiger partial charge in [-0.05, 0) is 17.0 Å². The Labute approximate surface area is 274 Å². The molecule has 0 fully saturated rings. The number of benzene rings is 2. The van der Waals surface area contributed by atoms with Crippen molar-refractivity contribution in [3.63, 3.8) is 0 Å². The summed E-state index contributed by atoms with van der Waals surface area (Å²) in [4.78, 5) is 68.3. The summed E-state index contributed by atoms with van der Waals surface area (Å²) in [5, 5.41) is 20.5. The summed E-state index contributed by atoms with van der Waals surface area (Å²) in [6.45, 7) is 3.24. The fourth-order valence-corrected chi connectivity index (χ4v) is 4.64. The van der Waals surface area contributed by atoms with Crippen molar-refractivity contribution in [1.29, 1.82) is 0 Å². The fourth-order valence-electron chi connectivity index (χ4n) is 4.17. The van der Waals surface area contributed by atoms with Crippen LogP contribution in [0.4, 0.5) is 4.79 Å². The van der Waals surface area contributed by atoms with Crippen LogP contribution in [0.25, 0.3) is 0 Å². The van der Waals surface area contributed by atoms with Crippen molar-refractivity contribution in [3.05, 3.63) is 83.3 Å². The highest BCUT2D eigenvalue weighted by molar-refractivity contribution is 7.93. The van der Waals surface area contributed by atoms with Crippen LogP contribution in [-0.4, -0.2) is 81.0 Å². The molecular weight excluding hydrogens is 630 g/mol. The number of carboxylic acid groups (broad SMARTS) is 1. The monoisotopic (exact) mass is 671 g/mol. The summed E-state index contributed by atoms with van der Waals surface area (Å²) in [7, 11) is -1.96. The number of hydrogen-bond donors (Lipinski definition) is 5. The van der Waals surface area contributed by atoms with Crippen molar-refractivity contribution >= 4 is 45.8 Å². The van der Waals surface area contributed by atoms with Crippen molar-refractivity contribution in [2.24, 2.45) is 10.9 Å². The number of aliphatic imine (C=N–C) groups is 1. The number of aliphatic carboxylic acids is 1. The van der Waals surface area contributed by atoms with Crippen molar-refractivity contribution in [3.8, 4) is 0 Å². The second-order valence-corrected chi connectivity index (χ2v) is 12.8. The van der Waals surface area contributed by atoms with Gasteiger partial charge in [0.15, 0.2) is 9.84 Å². The molecule has 0 saturated heterocycles. The molecule has 254 valence electrons. The molecule has 0 unspecified atom stereocenters. The minimum atomic E-state index is -3.48. The highest BCUT2D eigenvalue weighted by atomic mass is 32.2. The van der Waals surface area contributed by atoms with E-state index in [9.17, 15) is 37.5 Å². The predicted octanol–water partition coefficient (Wildman–Crippen LogP) is 1.89. The third kappa shape index (κ3) is 14.3. The Morgan fingerprint density at radius 3 is 2.04 bits per heavy atom. The second-order valence-electron chi connectivity index (χ2n) is 10.9. The SMILES string of the molecule is CN=CC[C@@H](/C=C/S(C)(=O)=O)NC(=O)[C@@H](NC(=O)[C@@H](NC(=O)[C@H](CC(=O)O)NC(=O)OCc1ccccc1)c1ccccc1)C(C)C. The second kappa shape index (κ2) is 18.8. The lowest BCUT2D eigenvalue weighted by atomic mass is 10.00. The number of alkyl carbamates (subject to hydrolysis) is 1. The Kier molecular flexibility index (Phi) is 15.3. The Balaban J connectivity index is 2.26. The van der Waals surface area contributed by atoms with Crippen molar-refractivity contribution < 1.29 is 42.2 Å². The molecule has 0 saturated carbocycles. The molecule has 4 amide bonds. The van der Waals surface area contributed by atoms with Gasteiger partial charge in [-0.2, -0.15) is 0 Å². The standard InChI is InChI=1S/C32H41N5O9S/c1-21(2)27(30(41)34-24(15-17-33-3)16-18-47(4,44)45)36-31(42)28(23-13-9-6-10-14-23)37-29(40)25(19-26(38)39)35-32(43)46-20-22-11-7-5-8-12-22/h5-14,16-18,21,24-25,27-28H,15,19-20H2,1-4H3,(H,34,41)(H,35,43)(H,36,42)(H,37,40)(H,38,39)/b18-16+,33-17?/t24-,25-,27-,28-/m0/s1. The molecule has 0 aliphatic heterocycles. The zero-order valence-corrected chi connectivity index (χ0v) is 27.4. The van der Waals surface area contributed by atoms with Crippen molar-refractivity contribution in [2.75, 3.05) is 13.3 Å². The molecule has 15 heteroatoms. The first-order valence-corrected chi connectivity index (χ1v) is 16.6. The van der Waals surface area contributed by atoms with Crippen LogP contribution in [0.3, 0.4) is 0 Å². The minimum absolute atomic E-state index is 0.127. The van der Waals surface area contributed by atoms with E-state index in [2.05, 4.69) is 26.3 Å². The number of carboxylic acids is 1. The number of ether oxygens (including phenoxy) is 1. The Bertz CT molecular complexity index is 1530. The summed E-state index contributed by atoms with van der Waals surface area (Å²) < 4.78 is 28.4. The summed E-state index contributed by atoms with van der Waals surface area (Å²) in [5.41, 5.74) is 0.984. The maximum absolute atomic E-state index is 13.7. The van der Waals surface area contributed by atoms with Gasteiger partial charge in [0.25, 0.3) is 0 Å². The van der Waals surface area contributed by atoms with E-state index >= 15 is 0 Å². The number of carbonyl (C=O) groups excluding carboxylic acids is 4. The minimum Gasteiger partial charge on any atom is -0.481 e. The van der Waals surface area contributed by atoms with Crippen LogP contribution in [0.2, 0.25) is 0 Å². The fraction of sp³-hybridized carbons (Fsp3) is 0.375. The van der Waals surface area contributed by atoms with Crippen LogP contribution >= 0.6 is 0 Å². The molecule has 0 spiro atoms. The van der Waals surface area contributed by atoms with Crippen LogP contribution in [0, 0.1) is 5.92 Å². The van der Waals surface area contributed by atoms with Gasteiger partial charge in [0, 0.05) is 31.3 Å². The highest BCUT2D eigenvalue weighted by Crippen LogP contribution is 2.16. The van der Waals surface area contributed by atoms with E-state index in [0.717, 1.165) is 11.7 Å². The third-order valence-electron chi connectivity index (χ3n) is 6.56. The van der Waals surface area contributed by atoms with E-state index in [1.807, 2.05) is 0 Å². The molecule has 0 aromatic heterocycles. The van der Waals surface area contributed by atoms with E-state index in [1.54, 1.807) is 74.5 Å². The van der Waals surface area contributed by atoms with Gasteiger partial charge >= 0.3 is 12.1 Å². The quantitative estimate of drug-likeness (QED) is 0.155. The molecule has 0 bridgehead atoms. The summed E-state index contributed by atoms with van der Waals surface area (Å²) in [6, 6.07) is 11.9. The van der Waals surface area contributed by atoms with E-state index < -0.39 is 76.1 Å². The van der Waals surface area contributed by atoms with Crippen LogP contribution < -0.4 is 21.3 Å². The highest BCUT2D eigenvalue weighted by Gasteiger charge is 2.33. The Morgan fingerprint density at radius 1 is 0.872 bits per heavy atom. The largest absolute Gasteiger partial charge is 0.481 e. The van der Waals surface area contributed by atoms with Crippen molar-refractivity contribution in [1.82, 2.24) is 21.3 Å². The molecule has 2 aromatic carbocycles. The summed E-state index contributed by atoms with van der Waals surface area (Å²) >= 11 is 0. The lowest BCUT2D eigenvalue weighted by molar-refractivity contribution is -0.140. The van der Waals surface area contributed by atoms with Gasteiger partial charge in [0.2, 0.25) is 17.7 Å². The molecule has 5 N–H and O–H groups in total. The number of nitrogens with zero attached hydrogens (tertiary/aromatic N) is 1. The van der Waals surface area contributed by atoms with Crippen LogP contribution in [0.1, 0.15) is 43.9 Å². The van der Waals surface area contributed by atoms with Gasteiger partial charge in [-0.15, -0.1) is 0 Å². The molecule has 0 aliphatic rings. The molecule has 0 aliphatic carbocycles. The zero-order chi connectivity index (χ0) is 35.0. The third-order valence-corrected chi connectivity index (χ3v) is 7.21. The average molecular weight is 672 g/mol. The number of nitrogens with one attached hydrogen (secondary N) is 4. The van der Waals surface area contributed by atoms with E-state index in [0.29, 0.717) is 11.1 Å². The van der Waals surface area contributed by atoms with Crippen LogP contribution in [0.15, 0.2) is 77.1 Å². The first-order valence-electron chi connectivity index (χ1n) is 14.6. The topological polar surface area (TPSA) is 209 Å². The molecule has 2 rings (SSSR count). The van der Waals surface area contributed by atoms with Gasteiger partial charge < -0.3 is 36.1 Å². The van der Waals surface area contributed by atoms with Gasteiger partial charge in [-0.1, -0.05) is 80.6 Å². The normalized spacial score (nSPS) is 14.1. The van der Waals surface area contributed by atoms with Gasteiger partial charge in [0.1, 0.15) is 24.7 Å². The first kappa shape index (κ1) is 38.1. The number of amides is 4. The number of hydrogen-bond acceptors (Lipinski definition) is 9. The molecule has 14 nitrogen and oxygen atoms in total. The number of sulfone groups is 1. The smallest absolute Gasteiger partial charge is 0.408 e. The Hall–Kier alpha value is -5.05. The van der Waals surface area contributed by atoms with E-state index in [-0.39, 0.29) is 13.0 Å². The molecule has 4 atom stereocenters. The lowest BCUT2D eigenvalue weighted by Gasteiger charge is -2.27. The van der Waals surface area contributed by atoms with Gasteiger partial charge in [-0.25, -0.2) is 13.2 Å². The molecular formula is C32H41N5O9S. The van der Waals surface area contributed by atoms with E-state index in [4.69, 9.17) is 4.74 Å². The van der Waals surface area contributed by atoms with Gasteiger partial charge in [0.05, 0.1) is 12.5 Å². The van der Waals surface area contributed by atoms with E-state index in [1.165, 1.54) is 19.3 Å². The molecule has 2 aromatic rings. The Morgan fingerprint density at radius 2 is 1.49 bits per heavy atom. The molecule has 0 heterocycles. The maximum atomic E-state index is 13.7. The van der Waals surface area contributed by atoms with Crippen LogP contribution in [0.5, 0.6) is 0 Å². The average Bonchev–Trinajstić information content (AvgIpc) is 3.02. The van der Waals surface area contributed by atoms with Crippen LogP contribution in [-0.2, 0) is 40.4 Å². The molecule has 0 radical (unpaired) electrons.